The van der Waals surface area contributed by atoms with E-state index in [9.17, 15) is 5.11 Å². The summed E-state index contributed by atoms with van der Waals surface area (Å²) in [5.41, 5.74) is 1.77. The van der Waals surface area contributed by atoms with Crippen LogP contribution in [0.1, 0.15) is 44.4 Å². The lowest BCUT2D eigenvalue weighted by atomic mass is 10.1. The van der Waals surface area contributed by atoms with E-state index in [0.717, 1.165) is 23.3 Å². The molecule has 1 unspecified atom stereocenters. The number of aliphatic hydroxyl groups excluding tert-OH is 1. The number of ether oxygens (including phenoxy) is 2. The van der Waals surface area contributed by atoms with Gasteiger partial charge in [0.05, 0.1) is 18.3 Å². The molecule has 1 atom stereocenters. The molecule has 0 saturated carbocycles. The van der Waals surface area contributed by atoms with Gasteiger partial charge in [-0.25, -0.2) is 0 Å². The van der Waals surface area contributed by atoms with Crippen molar-refractivity contribution in [2.75, 3.05) is 13.7 Å². The third-order valence-electron chi connectivity index (χ3n) is 3.13. The van der Waals surface area contributed by atoms with Gasteiger partial charge in [-0.15, -0.1) is 0 Å². The molecule has 0 aliphatic rings. The van der Waals surface area contributed by atoms with Crippen molar-refractivity contribution in [2.45, 2.75) is 45.8 Å². The first-order valence-corrected chi connectivity index (χ1v) is 6.32. The second-order valence-corrected chi connectivity index (χ2v) is 5.28. The summed E-state index contributed by atoms with van der Waals surface area (Å²) in [7, 11) is 1.70. The number of methoxy groups -OCH3 is 1. The van der Waals surface area contributed by atoms with Gasteiger partial charge in [0.15, 0.2) is 0 Å². The maximum Gasteiger partial charge on any atom is 0.125 e. The third-order valence-corrected chi connectivity index (χ3v) is 3.13. The summed E-state index contributed by atoms with van der Waals surface area (Å²) in [5.74, 6) is 0.761. The normalized spacial score (nSPS) is 13.4. The molecule has 102 valence electrons. The SMILES string of the molecule is COC(C)(C)CCOc1cc(C)ccc1C(C)O. The summed E-state index contributed by atoms with van der Waals surface area (Å²) in [6, 6.07) is 5.85. The maximum absolute atomic E-state index is 9.70. The monoisotopic (exact) mass is 252 g/mol. The molecule has 1 aromatic rings. The van der Waals surface area contributed by atoms with Gasteiger partial charge in [-0.1, -0.05) is 12.1 Å². The first-order valence-electron chi connectivity index (χ1n) is 6.32. The molecule has 0 aromatic heterocycles. The van der Waals surface area contributed by atoms with Gasteiger partial charge in [0.25, 0.3) is 0 Å². The van der Waals surface area contributed by atoms with E-state index in [4.69, 9.17) is 9.47 Å². The minimum absolute atomic E-state index is 0.186. The Kier molecular flexibility index (Phi) is 5.17. The number of benzene rings is 1. The zero-order valence-electron chi connectivity index (χ0n) is 12.0. The van der Waals surface area contributed by atoms with Crippen LogP contribution in [0.3, 0.4) is 0 Å². The third kappa shape index (κ3) is 4.31. The van der Waals surface area contributed by atoms with Crippen molar-refractivity contribution in [3.63, 3.8) is 0 Å². The summed E-state index contributed by atoms with van der Waals surface area (Å²) in [4.78, 5) is 0. The molecule has 0 amide bonds. The summed E-state index contributed by atoms with van der Waals surface area (Å²) in [6.07, 6.45) is 0.285. The minimum Gasteiger partial charge on any atom is -0.493 e. The van der Waals surface area contributed by atoms with Crippen LogP contribution in [0, 0.1) is 6.92 Å². The molecule has 0 fully saturated rings. The van der Waals surface area contributed by atoms with Crippen LogP contribution in [-0.4, -0.2) is 24.4 Å². The maximum atomic E-state index is 9.70. The van der Waals surface area contributed by atoms with Crippen LogP contribution in [0.4, 0.5) is 0 Å². The Morgan fingerprint density at radius 1 is 1.33 bits per heavy atom. The second kappa shape index (κ2) is 6.21. The van der Waals surface area contributed by atoms with E-state index in [-0.39, 0.29) is 5.60 Å². The lowest BCUT2D eigenvalue weighted by Gasteiger charge is -2.23. The van der Waals surface area contributed by atoms with Crippen LogP contribution in [0.2, 0.25) is 0 Å². The minimum atomic E-state index is -0.518. The van der Waals surface area contributed by atoms with Gasteiger partial charge in [0.2, 0.25) is 0 Å². The summed E-state index contributed by atoms with van der Waals surface area (Å²) < 4.78 is 11.1. The van der Waals surface area contributed by atoms with Crippen LogP contribution < -0.4 is 4.74 Å². The van der Waals surface area contributed by atoms with Crippen molar-refractivity contribution >= 4 is 0 Å². The lowest BCUT2D eigenvalue weighted by molar-refractivity contribution is 0.00522. The molecular formula is C15H24O3. The number of aliphatic hydroxyl groups is 1. The second-order valence-electron chi connectivity index (χ2n) is 5.28. The van der Waals surface area contributed by atoms with Gasteiger partial charge in [-0.2, -0.15) is 0 Å². The quantitative estimate of drug-likeness (QED) is 0.844. The van der Waals surface area contributed by atoms with Crippen LogP contribution in [0.25, 0.3) is 0 Å². The molecule has 1 N–H and O–H groups in total. The van der Waals surface area contributed by atoms with E-state index in [2.05, 4.69) is 0 Å². The molecule has 3 heteroatoms. The lowest BCUT2D eigenvalue weighted by Crippen LogP contribution is -2.25. The van der Waals surface area contributed by atoms with Crippen LogP contribution in [0.5, 0.6) is 5.75 Å². The van der Waals surface area contributed by atoms with Crippen LogP contribution >= 0.6 is 0 Å². The van der Waals surface area contributed by atoms with Gasteiger partial charge in [0.1, 0.15) is 5.75 Å². The van der Waals surface area contributed by atoms with Crippen molar-refractivity contribution in [3.05, 3.63) is 29.3 Å². The van der Waals surface area contributed by atoms with Gasteiger partial charge >= 0.3 is 0 Å². The average molecular weight is 252 g/mol. The number of hydrogen-bond acceptors (Lipinski definition) is 3. The van der Waals surface area contributed by atoms with Crippen LogP contribution in [0.15, 0.2) is 18.2 Å². The van der Waals surface area contributed by atoms with E-state index in [1.807, 2.05) is 39.0 Å². The molecular weight excluding hydrogens is 228 g/mol. The van der Waals surface area contributed by atoms with Crippen LogP contribution in [-0.2, 0) is 4.74 Å². The zero-order valence-corrected chi connectivity index (χ0v) is 12.0. The number of rotatable bonds is 6. The smallest absolute Gasteiger partial charge is 0.125 e. The van der Waals surface area contributed by atoms with Gasteiger partial charge < -0.3 is 14.6 Å². The van der Waals surface area contributed by atoms with Gasteiger partial charge in [0, 0.05) is 19.1 Å². The Morgan fingerprint density at radius 2 is 2.00 bits per heavy atom. The van der Waals surface area contributed by atoms with E-state index in [1.54, 1.807) is 14.0 Å². The van der Waals surface area contributed by atoms with E-state index >= 15 is 0 Å². The van der Waals surface area contributed by atoms with Gasteiger partial charge in [-0.3, -0.25) is 0 Å². The number of hydrogen-bond donors (Lipinski definition) is 1. The largest absolute Gasteiger partial charge is 0.493 e. The Hall–Kier alpha value is -1.06. The summed E-state index contributed by atoms with van der Waals surface area (Å²) in [5, 5.41) is 9.70. The molecule has 0 radical (unpaired) electrons. The fraction of sp³-hybridized carbons (Fsp3) is 0.600. The van der Waals surface area contributed by atoms with Crippen molar-refractivity contribution in [1.29, 1.82) is 0 Å². The van der Waals surface area contributed by atoms with Crippen molar-refractivity contribution in [1.82, 2.24) is 0 Å². The predicted octanol–water partition coefficient (Wildman–Crippen LogP) is 3.24. The zero-order chi connectivity index (χ0) is 13.8. The first-order chi connectivity index (χ1) is 8.35. The van der Waals surface area contributed by atoms with Crippen molar-refractivity contribution < 1.29 is 14.6 Å². The fourth-order valence-electron chi connectivity index (χ4n) is 1.62. The van der Waals surface area contributed by atoms with Crippen molar-refractivity contribution in [3.8, 4) is 5.75 Å². The highest BCUT2D eigenvalue weighted by Gasteiger charge is 2.17. The Labute approximate surface area is 110 Å². The van der Waals surface area contributed by atoms with Crippen molar-refractivity contribution in [2.24, 2.45) is 0 Å². The number of aryl methyl sites for hydroxylation is 1. The molecule has 0 heterocycles. The fourth-order valence-corrected chi connectivity index (χ4v) is 1.62. The molecule has 18 heavy (non-hydrogen) atoms. The highest BCUT2D eigenvalue weighted by atomic mass is 16.5. The Morgan fingerprint density at radius 3 is 2.56 bits per heavy atom. The summed E-state index contributed by atoms with van der Waals surface area (Å²) >= 11 is 0. The molecule has 1 rings (SSSR count). The average Bonchev–Trinajstić information content (AvgIpc) is 2.28. The molecule has 0 spiro atoms. The van der Waals surface area contributed by atoms with E-state index in [1.165, 1.54) is 0 Å². The standard InChI is InChI=1S/C15H24O3/c1-11-6-7-13(12(2)16)14(10-11)18-9-8-15(3,4)17-5/h6-7,10,12,16H,8-9H2,1-5H3. The Bertz CT molecular complexity index is 383. The van der Waals surface area contributed by atoms with E-state index < -0.39 is 6.10 Å². The topological polar surface area (TPSA) is 38.7 Å². The molecule has 0 bridgehead atoms. The van der Waals surface area contributed by atoms with E-state index in [0.29, 0.717) is 6.61 Å². The Balaban J connectivity index is 2.69. The molecule has 0 saturated heterocycles. The van der Waals surface area contributed by atoms with Gasteiger partial charge in [-0.05, 0) is 39.3 Å². The highest BCUT2D eigenvalue weighted by Crippen LogP contribution is 2.27. The molecule has 3 nitrogen and oxygen atoms in total. The highest BCUT2D eigenvalue weighted by molar-refractivity contribution is 5.38. The molecule has 1 aromatic carbocycles. The predicted molar refractivity (Wildman–Crippen MR) is 73.0 cm³/mol. The molecule has 0 aliphatic carbocycles. The first kappa shape index (κ1) is 15.0. The summed E-state index contributed by atoms with van der Waals surface area (Å²) in [6.45, 7) is 8.39. The molecule has 0 aliphatic heterocycles.